The maximum Gasteiger partial charge on any atom is 4.00 e. The average molecular weight is 267 g/mol. The molecule has 44 valence electrons. The Kier molecular flexibility index (Phi) is 2010. The third kappa shape index (κ3) is 215. The Hall–Kier alpha value is 0.870. The monoisotopic (exact) mass is 268 g/mol. The van der Waals surface area contributed by atoms with Crippen LogP contribution in [0.4, 0.5) is 0 Å². The summed E-state index contributed by atoms with van der Waals surface area (Å²) in [6.07, 6.45) is 0. The second-order valence-corrected chi connectivity index (χ2v) is 0. The molecule has 0 aromatic rings. The van der Waals surface area contributed by atoms with Crippen LogP contribution in [0.3, 0.4) is 0 Å². The Morgan fingerprint density at radius 1 is 0.714 bits per heavy atom. The summed E-state index contributed by atoms with van der Waals surface area (Å²) in [6.45, 7) is 10.0. The van der Waals surface area contributed by atoms with Crippen molar-refractivity contribution in [1.29, 1.82) is 0 Å². The first-order valence-corrected chi connectivity index (χ1v) is 1.41. The van der Waals surface area contributed by atoms with Crippen molar-refractivity contribution in [3.63, 3.8) is 0 Å². The van der Waals surface area contributed by atoms with Crippen LogP contribution in [0, 0.1) is 28.7 Å². The normalized spacial score (nSPS) is 1.71. The third-order valence-electron chi connectivity index (χ3n) is 0. The number of rotatable bonds is 0. The van der Waals surface area contributed by atoms with Crippen molar-refractivity contribution in [1.82, 2.24) is 0 Å². The first kappa shape index (κ1) is 45.1. The van der Waals surface area contributed by atoms with Gasteiger partial charge in [0.05, 0.1) is 0 Å². The molecule has 0 amide bonds. The van der Waals surface area contributed by atoms with Gasteiger partial charge in [0.15, 0.2) is 0 Å². The van der Waals surface area contributed by atoms with E-state index in [0.717, 1.165) is 0 Å². The Labute approximate surface area is 68.5 Å². The molecule has 0 aromatic carbocycles. The molecule has 7 heavy (non-hydrogen) atoms. The molecule has 0 spiro atoms. The van der Waals surface area contributed by atoms with Crippen molar-refractivity contribution >= 4 is 0 Å². The molecule has 0 radical (unpaired) electrons. The Morgan fingerprint density at radius 3 is 0.714 bits per heavy atom. The molecule has 1 heteroatoms. The molecular formula is C6H16Hf. The van der Waals surface area contributed by atoms with Crippen LogP contribution in [0.15, 0.2) is 0 Å². The van der Waals surface area contributed by atoms with Gasteiger partial charge in [-0.15, -0.1) is 0 Å². The Bertz CT molecular complexity index is 4.14. The molecule has 0 heterocycles. The second kappa shape index (κ2) is 313. The van der Waals surface area contributed by atoms with Crippen molar-refractivity contribution in [2.75, 3.05) is 0 Å². The van der Waals surface area contributed by atoms with E-state index in [1.807, 2.05) is 0 Å². The van der Waals surface area contributed by atoms with Crippen LogP contribution in [-0.2, 0) is 25.8 Å². The van der Waals surface area contributed by atoms with Crippen molar-refractivity contribution in [2.24, 2.45) is 0 Å². The maximum atomic E-state index is 3.25. The summed E-state index contributed by atoms with van der Waals surface area (Å²) in [5, 5.41) is 0. The standard InChI is InChI=1S/2C2H5.2CH3.Hf/c2*1-2;;;/h2*1H2,2H3;2*1H3;/q4*-1;+4. The number of hydrogen-bond acceptors (Lipinski definition) is 0. The molecule has 0 rings (SSSR count). The summed E-state index contributed by atoms with van der Waals surface area (Å²) in [5.41, 5.74) is 0. The minimum absolute atomic E-state index is 0. The molecule has 0 fully saturated rings. The summed E-state index contributed by atoms with van der Waals surface area (Å²) in [7, 11) is 0. The molecular weight excluding hydrogens is 251 g/mol. The van der Waals surface area contributed by atoms with Gasteiger partial charge in [-0.25, -0.2) is 0 Å². The molecule has 0 atom stereocenters. The molecule has 0 aliphatic rings. The fraction of sp³-hybridized carbons (Fsp3) is 0.333. The minimum Gasteiger partial charge on any atom is -0.358 e. The maximum absolute atomic E-state index is 3.25. The molecule has 0 aliphatic carbocycles. The summed E-state index contributed by atoms with van der Waals surface area (Å²) in [4.78, 5) is 0. The van der Waals surface area contributed by atoms with Gasteiger partial charge in [-0.1, -0.05) is 0 Å². The van der Waals surface area contributed by atoms with E-state index in [9.17, 15) is 0 Å². The van der Waals surface area contributed by atoms with Crippen molar-refractivity contribution in [3.05, 3.63) is 28.7 Å². The van der Waals surface area contributed by atoms with Gasteiger partial charge in [0, 0.05) is 0 Å². The summed E-state index contributed by atoms with van der Waals surface area (Å²) in [5.74, 6) is 0. The first-order valence-electron chi connectivity index (χ1n) is 1.41. The zero-order chi connectivity index (χ0) is 4.00. The fourth-order valence-corrected chi connectivity index (χ4v) is 0. The third-order valence-corrected chi connectivity index (χ3v) is 0. The largest absolute Gasteiger partial charge is 4.00 e. The summed E-state index contributed by atoms with van der Waals surface area (Å²) >= 11 is 0. The van der Waals surface area contributed by atoms with E-state index in [1.54, 1.807) is 13.8 Å². The SMILES string of the molecule is [CH2-]C.[CH2-]C.[CH3-].[CH3-].[Hf+4]. The predicted molar refractivity (Wildman–Crippen MR) is 34.9 cm³/mol. The molecule has 0 aromatic heterocycles. The summed E-state index contributed by atoms with van der Waals surface area (Å²) in [6, 6.07) is 0. The van der Waals surface area contributed by atoms with E-state index in [2.05, 4.69) is 13.8 Å². The van der Waals surface area contributed by atoms with Gasteiger partial charge < -0.3 is 28.7 Å². The van der Waals surface area contributed by atoms with Crippen LogP contribution in [0.25, 0.3) is 0 Å². The van der Waals surface area contributed by atoms with Gasteiger partial charge in [-0.05, 0) is 0 Å². The van der Waals surface area contributed by atoms with Gasteiger partial charge in [-0.2, -0.15) is 13.8 Å². The zero-order valence-electron chi connectivity index (χ0n) is 5.91. The van der Waals surface area contributed by atoms with Gasteiger partial charge in [0.1, 0.15) is 0 Å². The van der Waals surface area contributed by atoms with Crippen LogP contribution in [0.2, 0.25) is 0 Å². The number of hydrogen-bond donors (Lipinski definition) is 0. The fourth-order valence-electron chi connectivity index (χ4n) is 0. The van der Waals surface area contributed by atoms with Gasteiger partial charge >= 0.3 is 25.8 Å². The first-order chi connectivity index (χ1) is 2.00. The Morgan fingerprint density at radius 2 is 0.714 bits per heavy atom. The molecule has 0 aliphatic heterocycles. The van der Waals surface area contributed by atoms with E-state index in [1.165, 1.54) is 0 Å². The quantitative estimate of drug-likeness (QED) is 0.467. The van der Waals surface area contributed by atoms with E-state index in [0.29, 0.717) is 0 Å². The van der Waals surface area contributed by atoms with E-state index in [-0.39, 0.29) is 40.7 Å². The molecule has 0 N–H and O–H groups in total. The van der Waals surface area contributed by atoms with Crippen LogP contribution in [0.5, 0.6) is 0 Å². The Balaban J connectivity index is -0.00000000267. The smallest absolute Gasteiger partial charge is 0.358 e. The summed E-state index contributed by atoms with van der Waals surface area (Å²) < 4.78 is 0. The van der Waals surface area contributed by atoms with Crippen molar-refractivity contribution in [3.8, 4) is 0 Å². The molecule has 0 nitrogen and oxygen atoms in total. The predicted octanol–water partition coefficient (Wildman–Crippen LogP) is 2.58. The average Bonchev–Trinajstić information content (AvgIpc) is 1.50. The minimum atomic E-state index is 0. The molecule has 0 saturated heterocycles. The van der Waals surface area contributed by atoms with E-state index in [4.69, 9.17) is 0 Å². The zero-order valence-corrected chi connectivity index (χ0v) is 9.51. The van der Waals surface area contributed by atoms with Gasteiger partial charge in [-0.3, -0.25) is 0 Å². The van der Waals surface area contributed by atoms with E-state index < -0.39 is 0 Å². The second-order valence-electron chi connectivity index (χ2n) is 0. The topological polar surface area (TPSA) is 0 Å². The van der Waals surface area contributed by atoms with Gasteiger partial charge in [0.2, 0.25) is 0 Å². The van der Waals surface area contributed by atoms with Crippen molar-refractivity contribution < 1.29 is 25.8 Å². The molecule has 0 saturated carbocycles. The van der Waals surface area contributed by atoms with Crippen LogP contribution in [0.1, 0.15) is 13.8 Å². The molecule has 0 bridgehead atoms. The van der Waals surface area contributed by atoms with Crippen LogP contribution >= 0.6 is 0 Å². The van der Waals surface area contributed by atoms with Crippen LogP contribution in [-0.4, -0.2) is 0 Å². The van der Waals surface area contributed by atoms with Crippen molar-refractivity contribution in [2.45, 2.75) is 13.8 Å². The van der Waals surface area contributed by atoms with Gasteiger partial charge in [0.25, 0.3) is 0 Å². The molecule has 0 unspecified atom stereocenters. The van der Waals surface area contributed by atoms with Crippen LogP contribution < -0.4 is 0 Å². The van der Waals surface area contributed by atoms with E-state index >= 15 is 0 Å².